The van der Waals surface area contributed by atoms with E-state index in [9.17, 15) is 13.2 Å². The van der Waals surface area contributed by atoms with Gasteiger partial charge in [0.25, 0.3) is 0 Å². The summed E-state index contributed by atoms with van der Waals surface area (Å²) in [4.78, 5) is 3.40. The minimum atomic E-state index is -4.61. The Balaban J connectivity index is 4.95. The van der Waals surface area contributed by atoms with Gasteiger partial charge in [-0.25, -0.2) is 0 Å². The van der Waals surface area contributed by atoms with Crippen LogP contribution >= 0.6 is 0 Å². The van der Waals surface area contributed by atoms with Crippen molar-refractivity contribution in [1.29, 1.82) is 0 Å². The van der Waals surface area contributed by atoms with Crippen LogP contribution in [-0.4, -0.2) is 31.6 Å². The molecule has 0 aromatic heterocycles. The van der Waals surface area contributed by atoms with Gasteiger partial charge in [-0.3, -0.25) is 4.99 Å². The lowest BCUT2D eigenvalue weighted by molar-refractivity contribution is -0.0587. The molecule has 0 bridgehead atoms. The first-order valence-corrected chi connectivity index (χ1v) is 4.14. The van der Waals surface area contributed by atoms with Crippen molar-refractivity contribution < 1.29 is 17.9 Å². The number of nitrogens with two attached hydrogens (primary N) is 2. The molecule has 0 aliphatic rings. The average molecular weight is 225 g/mol. The van der Waals surface area contributed by atoms with Gasteiger partial charge in [0, 0.05) is 13.3 Å². The molecule has 0 aromatic rings. The van der Waals surface area contributed by atoms with Crippen LogP contribution in [0.3, 0.4) is 0 Å². The summed E-state index contributed by atoms with van der Waals surface area (Å²) >= 11 is 0. The lowest BCUT2D eigenvalue weighted by atomic mass is 10.2. The van der Waals surface area contributed by atoms with Crippen LogP contribution in [0.15, 0.2) is 16.9 Å². The molecule has 0 saturated carbocycles. The largest absolute Gasteiger partial charge is 0.435 e. The van der Waals surface area contributed by atoms with Gasteiger partial charge in [-0.1, -0.05) is 0 Å². The standard InChI is InChI=1S/C8H14F3N3O/c1-5(4-15-2)14-7(6(13)3-12)8(9,10)11/h3,5H,4,12-13H2,1-2H3. The highest BCUT2D eigenvalue weighted by Gasteiger charge is 2.37. The summed E-state index contributed by atoms with van der Waals surface area (Å²) in [6, 6.07) is -0.634. The Morgan fingerprint density at radius 3 is 2.40 bits per heavy atom. The van der Waals surface area contributed by atoms with Gasteiger partial charge in [0.2, 0.25) is 0 Å². The van der Waals surface area contributed by atoms with Crippen LogP contribution < -0.4 is 11.5 Å². The third kappa shape index (κ3) is 4.68. The molecule has 0 aromatic carbocycles. The minimum absolute atomic E-state index is 0.0808. The Morgan fingerprint density at radius 2 is 2.07 bits per heavy atom. The smallest absolute Gasteiger partial charge is 0.403 e. The van der Waals surface area contributed by atoms with Crippen LogP contribution in [0.4, 0.5) is 13.2 Å². The monoisotopic (exact) mass is 225 g/mol. The van der Waals surface area contributed by atoms with Gasteiger partial charge in [-0.15, -0.1) is 0 Å². The van der Waals surface area contributed by atoms with E-state index in [-0.39, 0.29) is 6.61 Å². The molecule has 0 saturated heterocycles. The van der Waals surface area contributed by atoms with Crippen molar-refractivity contribution in [3.8, 4) is 0 Å². The number of aliphatic imine (C=N–C) groups is 1. The van der Waals surface area contributed by atoms with Crippen LogP contribution in [-0.2, 0) is 4.74 Å². The highest BCUT2D eigenvalue weighted by Crippen LogP contribution is 2.20. The molecule has 4 N–H and O–H groups in total. The first kappa shape index (κ1) is 13.8. The summed E-state index contributed by atoms with van der Waals surface area (Å²) < 4.78 is 41.9. The van der Waals surface area contributed by atoms with Gasteiger partial charge in [-0.05, 0) is 6.92 Å². The van der Waals surface area contributed by atoms with Crippen LogP contribution in [0.25, 0.3) is 0 Å². The normalized spacial score (nSPS) is 16.6. The summed E-state index contributed by atoms with van der Waals surface area (Å²) in [6.07, 6.45) is -3.94. The summed E-state index contributed by atoms with van der Waals surface area (Å²) in [5.41, 5.74) is 8.25. The molecular formula is C8H14F3N3O. The third-order valence-corrected chi connectivity index (χ3v) is 1.48. The average Bonchev–Trinajstić information content (AvgIpc) is 2.12. The van der Waals surface area contributed by atoms with Crippen molar-refractivity contribution in [2.45, 2.75) is 19.1 Å². The molecule has 0 rings (SSSR count). The Kier molecular flexibility index (Phi) is 5.13. The highest BCUT2D eigenvalue weighted by atomic mass is 19.4. The first-order valence-electron chi connectivity index (χ1n) is 4.14. The zero-order chi connectivity index (χ0) is 12.1. The molecule has 0 aliphatic carbocycles. The van der Waals surface area contributed by atoms with Crippen molar-refractivity contribution in [1.82, 2.24) is 0 Å². The fourth-order valence-corrected chi connectivity index (χ4v) is 0.889. The van der Waals surface area contributed by atoms with E-state index in [1.165, 1.54) is 14.0 Å². The van der Waals surface area contributed by atoms with Crippen molar-refractivity contribution in [3.05, 3.63) is 11.9 Å². The topological polar surface area (TPSA) is 73.6 Å². The van der Waals surface area contributed by atoms with E-state index in [1.807, 2.05) is 0 Å². The predicted octanol–water partition coefficient (Wildman–Crippen LogP) is 0.783. The Bertz CT molecular complexity index is 260. The number of rotatable bonds is 4. The lowest BCUT2D eigenvalue weighted by Gasteiger charge is -2.13. The van der Waals surface area contributed by atoms with Crippen molar-refractivity contribution >= 4 is 5.71 Å². The number of hydrogen-bond acceptors (Lipinski definition) is 4. The summed E-state index contributed by atoms with van der Waals surface area (Å²) in [7, 11) is 1.38. The SMILES string of the molecule is COCC(C)N=C(C(N)=CN)C(F)(F)F. The minimum Gasteiger partial charge on any atom is -0.403 e. The van der Waals surface area contributed by atoms with Crippen molar-refractivity contribution in [2.75, 3.05) is 13.7 Å². The zero-order valence-electron chi connectivity index (χ0n) is 8.51. The van der Waals surface area contributed by atoms with E-state index < -0.39 is 23.6 Å². The molecule has 0 amide bonds. The molecular weight excluding hydrogens is 211 g/mol. The molecule has 0 fully saturated rings. The van der Waals surface area contributed by atoms with Gasteiger partial charge in [-0.2, -0.15) is 13.2 Å². The van der Waals surface area contributed by atoms with E-state index in [1.54, 1.807) is 0 Å². The molecule has 1 unspecified atom stereocenters. The molecule has 0 heterocycles. The second-order valence-corrected chi connectivity index (χ2v) is 2.90. The van der Waals surface area contributed by atoms with E-state index in [0.717, 1.165) is 0 Å². The molecule has 0 aliphatic heterocycles. The van der Waals surface area contributed by atoms with Gasteiger partial charge in [0.15, 0.2) is 5.71 Å². The summed E-state index contributed by atoms with van der Waals surface area (Å²) in [5, 5.41) is 0. The van der Waals surface area contributed by atoms with E-state index in [2.05, 4.69) is 9.73 Å². The molecule has 1 atom stereocenters. The number of ether oxygens (including phenoxy) is 1. The third-order valence-electron chi connectivity index (χ3n) is 1.48. The number of alkyl halides is 3. The highest BCUT2D eigenvalue weighted by molar-refractivity contribution is 6.03. The number of halogens is 3. The van der Waals surface area contributed by atoms with Gasteiger partial charge >= 0.3 is 6.18 Å². The Labute approximate surface area is 85.8 Å². The van der Waals surface area contributed by atoms with E-state index in [4.69, 9.17) is 11.5 Å². The lowest BCUT2D eigenvalue weighted by Crippen LogP contribution is -2.31. The maximum atomic E-state index is 12.4. The molecule has 88 valence electrons. The van der Waals surface area contributed by atoms with Crippen molar-refractivity contribution in [2.24, 2.45) is 16.5 Å². The zero-order valence-corrected chi connectivity index (χ0v) is 8.51. The summed E-state index contributed by atoms with van der Waals surface area (Å²) in [5.74, 6) is 0. The van der Waals surface area contributed by atoms with Crippen LogP contribution in [0.5, 0.6) is 0 Å². The van der Waals surface area contributed by atoms with Gasteiger partial charge in [0.05, 0.1) is 18.3 Å². The maximum absolute atomic E-state index is 12.4. The molecule has 4 nitrogen and oxygen atoms in total. The predicted molar refractivity (Wildman–Crippen MR) is 51.3 cm³/mol. The number of methoxy groups -OCH3 is 1. The molecule has 7 heteroatoms. The Hall–Kier alpha value is -1.24. The van der Waals surface area contributed by atoms with Crippen LogP contribution in [0.2, 0.25) is 0 Å². The summed E-state index contributed by atoms with van der Waals surface area (Å²) in [6.45, 7) is 1.57. The first-order chi connectivity index (χ1) is 6.82. The van der Waals surface area contributed by atoms with Crippen LogP contribution in [0.1, 0.15) is 6.92 Å². The van der Waals surface area contributed by atoms with Gasteiger partial charge < -0.3 is 16.2 Å². The fourth-order valence-electron chi connectivity index (χ4n) is 0.889. The second-order valence-electron chi connectivity index (χ2n) is 2.90. The van der Waals surface area contributed by atoms with Gasteiger partial charge in [0.1, 0.15) is 0 Å². The van der Waals surface area contributed by atoms with Crippen molar-refractivity contribution in [3.63, 3.8) is 0 Å². The molecule has 0 radical (unpaired) electrons. The fraction of sp³-hybridized carbons (Fsp3) is 0.625. The second kappa shape index (κ2) is 5.59. The quantitative estimate of drug-likeness (QED) is 0.694. The van der Waals surface area contributed by atoms with E-state index >= 15 is 0 Å². The molecule has 0 spiro atoms. The number of allylic oxidation sites excluding steroid dienone is 1. The molecule has 15 heavy (non-hydrogen) atoms. The van der Waals surface area contributed by atoms with E-state index in [0.29, 0.717) is 6.20 Å². The number of nitrogens with zero attached hydrogens (tertiary/aromatic N) is 1. The van der Waals surface area contributed by atoms with Crippen LogP contribution in [0, 0.1) is 0 Å². The Morgan fingerprint density at radius 1 is 1.53 bits per heavy atom. The number of hydrogen-bond donors (Lipinski definition) is 2. The maximum Gasteiger partial charge on any atom is 0.435 e.